The Bertz CT molecular complexity index is 364. The molecule has 4 heteroatoms. The van der Waals surface area contributed by atoms with Gasteiger partial charge < -0.3 is 4.74 Å². The van der Waals surface area contributed by atoms with Crippen molar-refractivity contribution < 1.29 is 13.9 Å². The smallest absolute Gasteiger partial charge is 0.323 e. The van der Waals surface area contributed by atoms with E-state index in [0.29, 0.717) is 6.61 Å². The SMILES string of the molecule is O=C1OCCC2C1NC1C=CC(F)=CC12. The normalized spacial score (nSPS) is 43.0. The van der Waals surface area contributed by atoms with E-state index in [9.17, 15) is 9.18 Å². The number of ether oxygens (including phenoxy) is 1. The van der Waals surface area contributed by atoms with Gasteiger partial charge in [-0.25, -0.2) is 4.39 Å². The van der Waals surface area contributed by atoms with Crippen molar-refractivity contribution in [3.8, 4) is 0 Å². The number of carbonyl (C=O) groups excluding carboxylic acids is 1. The van der Waals surface area contributed by atoms with Crippen LogP contribution in [0.2, 0.25) is 0 Å². The van der Waals surface area contributed by atoms with Gasteiger partial charge in [-0.2, -0.15) is 0 Å². The maximum Gasteiger partial charge on any atom is 0.323 e. The molecule has 3 rings (SSSR count). The van der Waals surface area contributed by atoms with E-state index >= 15 is 0 Å². The monoisotopic (exact) mass is 209 g/mol. The number of fused-ring (bicyclic) bond motifs is 3. The van der Waals surface area contributed by atoms with E-state index in [2.05, 4.69) is 5.32 Å². The number of allylic oxidation sites excluding steroid dienone is 2. The third-order valence-electron chi connectivity index (χ3n) is 3.47. The van der Waals surface area contributed by atoms with Crippen LogP contribution in [0.15, 0.2) is 24.1 Å². The largest absolute Gasteiger partial charge is 0.465 e. The number of cyclic esters (lactones) is 1. The summed E-state index contributed by atoms with van der Waals surface area (Å²) in [6.45, 7) is 0.462. The van der Waals surface area contributed by atoms with Gasteiger partial charge >= 0.3 is 5.97 Å². The molecular weight excluding hydrogens is 197 g/mol. The molecule has 2 saturated heterocycles. The van der Waals surface area contributed by atoms with Crippen LogP contribution in [0, 0.1) is 11.8 Å². The van der Waals surface area contributed by atoms with Crippen molar-refractivity contribution in [3.05, 3.63) is 24.1 Å². The molecule has 2 fully saturated rings. The molecule has 80 valence electrons. The van der Waals surface area contributed by atoms with Crippen molar-refractivity contribution in [2.75, 3.05) is 6.61 Å². The molecule has 15 heavy (non-hydrogen) atoms. The number of nitrogens with one attached hydrogen (secondary N) is 1. The highest BCUT2D eigenvalue weighted by molar-refractivity contribution is 5.77. The fraction of sp³-hybridized carbons (Fsp3) is 0.545. The molecule has 0 aromatic heterocycles. The molecule has 3 aliphatic rings. The van der Waals surface area contributed by atoms with Crippen LogP contribution in [-0.2, 0) is 9.53 Å². The highest BCUT2D eigenvalue weighted by atomic mass is 19.1. The topological polar surface area (TPSA) is 38.3 Å². The Morgan fingerprint density at radius 3 is 3.27 bits per heavy atom. The van der Waals surface area contributed by atoms with Gasteiger partial charge in [-0.3, -0.25) is 10.1 Å². The van der Waals surface area contributed by atoms with Crippen LogP contribution >= 0.6 is 0 Å². The van der Waals surface area contributed by atoms with Gasteiger partial charge in [-0.05, 0) is 24.5 Å². The summed E-state index contributed by atoms with van der Waals surface area (Å²) in [7, 11) is 0. The number of carbonyl (C=O) groups is 1. The van der Waals surface area contributed by atoms with Gasteiger partial charge in [0.05, 0.1) is 6.61 Å². The summed E-state index contributed by atoms with van der Waals surface area (Å²) in [6.07, 6.45) is 5.70. The van der Waals surface area contributed by atoms with Gasteiger partial charge in [-0.1, -0.05) is 6.08 Å². The highest BCUT2D eigenvalue weighted by Gasteiger charge is 2.47. The highest BCUT2D eigenvalue weighted by Crippen LogP contribution is 2.37. The number of rotatable bonds is 0. The van der Waals surface area contributed by atoms with Crippen molar-refractivity contribution in [1.82, 2.24) is 5.32 Å². The molecule has 2 aliphatic heterocycles. The lowest BCUT2D eigenvalue weighted by Gasteiger charge is -2.26. The summed E-state index contributed by atoms with van der Waals surface area (Å²) in [4.78, 5) is 11.5. The molecule has 0 bridgehead atoms. The van der Waals surface area contributed by atoms with E-state index in [0.717, 1.165) is 6.42 Å². The zero-order chi connectivity index (χ0) is 10.4. The van der Waals surface area contributed by atoms with Crippen molar-refractivity contribution in [3.63, 3.8) is 0 Å². The van der Waals surface area contributed by atoms with E-state index in [1.54, 1.807) is 12.2 Å². The molecular formula is C11H12FNO2. The first kappa shape index (κ1) is 9.09. The zero-order valence-corrected chi connectivity index (χ0v) is 8.15. The Labute approximate surface area is 87.0 Å². The zero-order valence-electron chi connectivity index (χ0n) is 8.15. The number of esters is 1. The van der Waals surface area contributed by atoms with Gasteiger partial charge in [0.1, 0.15) is 11.9 Å². The second-order valence-electron chi connectivity index (χ2n) is 4.28. The Morgan fingerprint density at radius 2 is 2.40 bits per heavy atom. The van der Waals surface area contributed by atoms with Crippen LogP contribution < -0.4 is 5.32 Å². The van der Waals surface area contributed by atoms with Crippen molar-refractivity contribution in [2.45, 2.75) is 18.5 Å². The van der Waals surface area contributed by atoms with Crippen LogP contribution in [0.25, 0.3) is 0 Å². The Balaban J connectivity index is 1.91. The van der Waals surface area contributed by atoms with Crippen LogP contribution in [0.3, 0.4) is 0 Å². The summed E-state index contributed by atoms with van der Waals surface area (Å²) in [5.41, 5.74) is 0. The van der Waals surface area contributed by atoms with Crippen molar-refractivity contribution >= 4 is 5.97 Å². The predicted molar refractivity (Wildman–Crippen MR) is 51.6 cm³/mol. The molecule has 1 aliphatic carbocycles. The second kappa shape index (κ2) is 3.17. The molecule has 4 atom stereocenters. The van der Waals surface area contributed by atoms with E-state index in [4.69, 9.17) is 4.74 Å². The first-order valence-electron chi connectivity index (χ1n) is 5.24. The first-order chi connectivity index (χ1) is 7.25. The average Bonchev–Trinajstić information content (AvgIpc) is 2.58. The molecule has 0 saturated carbocycles. The van der Waals surface area contributed by atoms with Crippen LogP contribution in [-0.4, -0.2) is 24.7 Å². The van der Waals surface area contributed by atoms with E-state index < -0.39 is 0 Å². The van der Waals surface area contributed by atoms with E-state index in [1.165, 1.54) is 6.08 Å². The lowest BCUT2D eigenvalue weighted by Crippen LogP contribution is -2.42. The maximum absolute atomic E-state index is 13.1. The average molecular weight is 209 g/mol. The van der Waals surface area contributed by atoms with Crippen molar-refractivity contribution in [1.29, 1.82) is 0 Å². The number of hydrogen-bond donors (Lipinski definition) is 1. The summed E-state index contributed by atoms with van der Waals surface area (Å²) >= 11 is 0. The quantitative estimate of drug-likeness (QED) is 0.603. The fourth-order valence-corrected chi connectivity index (χ4v) is 2.76. The summed E-state index contributed by atoms with van der Waals surface area (Å²) in [5, 5.41) is 3.19. The van der Waals surface area contributed by atoms with Crippen LogP contribution in [0.5, 0.6) is 0 Å². The number of hydrogen-bond acceptors (Lipinski definition) is 3. The summed E-state index contributed by atoms with van der Waals surface area (Å²) < 4.78 is 18.1. The van der Waals surface area contributed by atoms with Gasteiger partial charge in [0.2, 0.25) is 0 Å². The van der Waals surface area contributed by atoms with Crippen molar-refractivity contribution in [2.24, 2.45) is 11.8 Å². The minimum absolute atomic E-state index is 0.0881. The summed E-state index contributed by atoms with van der Waals surface area (Å²) in [6, 6.07) is -0.161. The molecule has 0 amide bonds. The molecule has 2 heterocycles. The van der Waals surface area contributed by atoms with E-state index in [-0.39, 0.29) is 35.7 Å². The fourth-order valence-electron chi connectivity index (χ4n) is 2.76. The van der Waals surface area contributed by atoms with Crippen LogP contribution in [0.1, 0.15) is 6.42 Å². The van der Waals surface area contributed by atoms with Gasteiger partial charge in [0.15, 0.2) is 0 Å². The molecule has 0 aromatic rings. The van der Waals surface area contributed by atoms with E-state index in [1.807, 2.05) is 0 Å². The third kappa shape index (κ3) is 1.32. The standard InChI is InChI=1S/C11H12FNO2/c12-6-1-2-9-8(5-6)7-3-4-15-11(14)10(7)13-9/h1-2,5,7-10,13H,3-4H2. The minimum atomic E-state index is -0.249. The molecule has 0 aromatic carbocycles. The predicted octanol–water partition coefficient (Wildman–Crippen LogP) is 0.929. The summed E-state index contributed by atoms with van der Waals surface area (Å²) in [5.74, 6) is -0.0969. The maximum atomic E-state index is 13.1. The minimum Gasteiger partial charge on any atom is -0.465 e. The molecule has 4 unspecified atom stereocenters. The van der Waals surface area contributed by atoms with Gasteiger partial charge in [0.25, 0.3) is 0 Å². The Kier molecular flexibility index (Phi) is 1.92. The molecule has 3 nitrogen and oxygen atoms in total. The van der Waals surface area contributed by atoms with Gasteiger partial charge in [0, 0.05) is 12.0 Å². The third-order valence-corrected chi connectivity index (χ3v) is 3.47. The first-order valence-corrected chi connectivity index (χ1v) is 5.24. The Morgan fingerprint density at radius 1 is 1.53 bits per heavy atom. The Hall–Kier alpha value is -1.16. The molecule has 0 radical (unpaired) electrons. The second-order valence-corrected chi connectivity index (χ2v) is 4.28. The number of halogens is 1. The molecule has 1 N–H and O–H groups in total. The van der Waals surface area contributed by atoms with Crippen LogP contribution in [0.4, 0.5) is 4.39 Å². The lowest BCUT2D eigenvalue weighted by atomic mass is 9.82. The van der Waals surface area contributed by atoms with Gasteiger partial charge in [-0.15, -0.1) is 0 Å². The molecule has 0 spiro atoms. The lowest BCUT2D eigenvalue weighted by molar-refractivity contribution is -0.151.